The topological polar surface area (TPSA) is 121 Å². The minimum Gasteiger partial charge on any atom is -0.480 e. The van der Waals surface area contributed by atoms with Crippen molar-refractivity contribution in [2.75, 3.05) is 10.6 Å². The van der Waals surface area contributed by atoms with Crippen LogP contribution < -0.4 is 16.0 Å². The molecular formula is C17H19N3O5. The van der Waals surface area contributed by atoms with Gasteiger partial charge in [0.2, 0.25) is 11.8 Å². The summed E-state index contributed by atoms with van der Waals surface area (Å²) in [6, 6.07) is 8.89. The number of amides is 2. The number of carboxylic acid groups (broad SMARTS) is 1. The molecule has 8 nitrogen and oxygen atoms in total. The molecule has 8 heteroatoms. The van der Waals surface area contributed by atoms with Crippen LogP contribution in [-0.4, -0.2) is 28.9 Å². The minimum absolute atomic E-state index is 0.191. The number of furan rings is 1. The predicted molar refractivity (Wildman–Crippen MR) is 91.0 cm³/mol. The molecule has 0 unspecified atom stereocenters. The summed E-state index contributed by atoms with van der Waals surface area (Å²) in [6.07, 6.45) is 1.26. The lowest BCUT2D eigenvalue weighted by atomic mass is 10.2. The number of hydrogen-bond acceptors (Lipinski definition) is 5. The van der Waals surface area contributed by atoms with E-state index in [4.69, 9.17) is 4.42 Å². The lowest BCUT2D eigenvalue weighted by Gasteiger charge is -2.14. The third kappa shape index (κ3) is 6.11. The molecule has 2 rings (SSSR count). The lowest BCUT2D eigenvalue weighted by Crippen LogP contribution is -2.39. The van der Waals surface area contributed by atoms with Crippen LogP contribution in [-0.2, 0) is 20.9 Å². The average molecular weight is 345 g/mol. The van der Waals surface area contributed by atoms with E-state index in [-0.39, 0.29) is 18.9 Å². The van der Waals surface area contributed by atoms with Gasteiger partial charge in [-0.3, -0.25) is 19.7 Å². The molecule has 1 aromatic carbocycles. The Morgan fingerprint density at radius 2 is 1.72 bits per heavy atom. The summed E-state index contributed by atoms with van der Waals surface area (Å²) in [4.78, 5) is 34.3. The zero-order chi connectivity index (χ0) is 18.2. The number of benzene rings is 1. The van der Waals surface area contributed by atoms with Gasteiger partial charge in [-0.05, 0) is 36.4 Å². The van der Waals surface area contributed by atoms with Crippen molar-refractivity contribution < 1.29 is 23.9 Å². The van der Waals surface area contributed by atoms with E-state index in [1.54, 1.807) is 36.4 Å². The van der Waals surface area contributed by atoms with Gasteiger partial charge in [0.05, 0.1) is 19.2 Å². The minimum atomic E-state index is -1.12. The summed E-state index contributed by atoms with van der Waals surface area (Å²) in [7, 11) is 0. The number of hydrogen-bond donors (Lipinski definition) is 4. The zero-order valence-corrected chi connectivity index (χ0v) is 13.6. The van der Waals surface area contributed by atoms with Crippen LogP contribution >= 0.6 is 0 Å². The molecule has 132 valence electrons. The summed E-state index contributed by atoms with van der Waals surface area (Å²) in [5.41, 5.74) is 1.11. The second-order valence-corrected chi connectivity index (χ2v) is 5.36. The van der Waals surface area contributed by atoms with E-state index >= 15 is 0 Å². The molecule has 0 bridgehead atoms. The van der Waals surface area contributed by atoms with Gasteiger partial charge in [-0.25, -0.2) is 0 Å². The van der Waals surface area contributed by atoms with Gasteiger partial charge in [-0.15, -0.1) is 0 Å². The molecule has 1 aromatic heterocycles. The van der Waals surface area contributed by atoms with Crippen molar-refractivity contribution in [2.45, 2.75) is 25.9 Å². The van der Waals surface area contributed by atoms with Crippen molar-refractivity contribution in [2.24, 2.45) is 0 Å². The quantitative estimate of drug-likeness (QED) is 0.579. The third-order valence-corrected chi connectivity index (χ3v) is 3.28. The Morgan fingerprint density at radius 1 is 1.08 bits per heavy atom. The van der Waals surface area contributed by atoms with E-state index in [0.717, 1.165) is 0 Å². The highest BCUT2D eigenvalue weighted by molar-refractivity contribution is 5.94. The fraction of sp³-hybridized carbons (Fsp3) is 0.235. The molecule has 1 atom stereocenters. The summed E-state index contributed by atoms with van der Waals surface area (Å²) in [5.74, 6) is -1.17. The first-order valence-corrected chi connectivity index (χ1v) is 7.60. The average Bonchev–Trinajstić information content (AvgIpc) is 3.06. The number of carbonyl (C=O) groups excluding carboxylic acids is 2. The first-order chi connectivity index (χ1) is 11.9. The molecule has 0 aliphatic carbocycles. The number of nitrogens with one attached hydrogen (secondary N) is 3. The van der Waals surface area contributed by atoms with E-state index in [9.17, 15) is 19.5 Å². The monoisotopic (exact) mass is 345 g/mol. The summed E-state index contributed by atoms with van der Waals surface area (Å²) in [5, 5.41) is 17.2. The molecule has 0 aliphatic rings. The standard InChI is InChI=1S/C17H19N3O5/c1-11(21)19-12-4-6-13(7-5-12)20-16(22)9-15(17(23)24)18-10-14-3-2-8-25-14/h2-8,15,18H,9-10H2,1H3,(H,19,21)(H,20,22)(H,23,24)/t15-/m0/s1. The van der Waals surface area contributed by atoms with Crippen LogP contribution in [0.1, 0.15) is 19.1 Å². The third-order valence-electron chi connectivity index (χ3n) is 3.28. The zero-order valence-electron chi connectivity index (χ0n) is 13.6. The summed E-state index contributed by atoms with van der Waals surface area (Å²) in [6.45, 7) is 1.61. The van der Waals surface area contributed by atoms with E-state index < -0.39 is 17.9 Å². The van der Waals surface area contributed by atoms with Crippen LogP contribution in [0.5, 0.6) is 0 Å². The molecule has 0 spiro atoms. The molecule has 2 amide bonds. The van der Waals surface area contributed by atoms with Crippen molar-refractivity contribution in [1.29, 1.82) is 0 Å². The Hall–Kier alpha value is -3.13. The van der Waals surface area contributed by atoms with E-state index in [2.05, 4.69) is 16.0 Å². The van der Waals surface area contributed by atoms with Gasteiger partial charge in [0, 0.05) is 18.3 Å². The van der Waals surface area contributed by atoms with Crippen molar-refractivity contribution in [3.63, 3.8) is 0 Å². The second kappa shape index (κ2) is 8.65. The smallest absolute Gasteiger partial charge is 0.321 e. The lowest BCUT2D eigenvalue weighted by molar-refractivity contribution is -0.141. The summed E-state index contributed by atoms with van der Waals surface area (Å²) < 4.78 is 5.12. The van der Waals surface area contributed by atoms with Gasteiger partial charge in [0.1, 0.15) is 11.8 Å². The molecule has 0 aliphatic heterocycles. The van der Waals surface area contributed by atoms with Crippen molar-refractivity contribution >= 4 is 29.2 Å². The molecule has 4 N–H and O–H groups in total. The molecular weight excluding hydrogens is 326 g/mol. The van der Waals surface area contributed by atoms with E-state index in [0.29, 0.717) is 17.1 Å². The Bertz CT molecular complexity index is 725. The van der Waals surface area contributed by atoms with Crippen LogP contribution in [0.25, 0.3) is 0 Å². The van der Waals surface area contributed by atoms with Crippen LogP contribution in [0.2, 0.25) is 0 Å². The first kappa shape index (κ1) is 18.2. The maximum absolute atomic E-state index is 12.0. The number of rotatable bonds is 8. The number of aliphatic carboxylic acids is 1. The molecule has 0 saturated heterocycles. The number of carboxylic acids is 1. The fourth-order valence-corrected chi connectivity index (χ4v) is 2.12. The number of carbonyl (C=O) groups is 3. The van der Waals surface area contributed by atoms with Gasteiger partial charge >= 0.3 is 5.97 Å². The number of anilines is 2. The molecule has 0 saturated carbocycles. The Balaban J connectivity index is 1.87. The van der Waals surface area contributed by atoms with E-state index in [1.807, 2.05) is 0 Å². The predicted octanol–water partition coefficient (Wildman–Crippen LogP) is 1.81. The van der Waals surface area contributed by atoms with Crippen molar-refractivity contribution in [3.05, 3.63) is 48.4 Å². The van der Waals surface area contributed by atoms with Crippen molar-refractivity contribution in [3.8, 4) is 0 Å². The van der Waals surface area contributed by atoms with Crippen LogP contribution in [0, 0.1) is 0 Å². The first-order valence-electron chi connectivity index (χ1n) is 7.60. The van der Waals surface area contributed by atoms with Gasteiger partial charge in [0.25, 0.3) is 0 Å². The fourth-order valence-electron chi connectivity index (χ4n) is 2.12. The summed E-state index contributed by atoms with van der Waals surface area (Å²) >= 11 is 0. The van der Waals surface area contributed by atoms with Crippen LogP contribution in [0.4, 0.5) is 11.4 Å². The maximum atomic E-state index is 12.0. The Labute approximate surface area is 144 Å². The van der Waals surface area contributed by atoms with Gasteiger partial charge in [-0.2, -0.15) is 0 Å². The molecule has 1 heterocycles. The highest BCUT2D eigenvalue weighted by Crippen LogP contribution is 2.14. The molecule has 0 radical (unpaired) electrons. The van der Waals surface area contributed by atoms with E-state index in [1.165, 1.54) is 13.2 Å². The van der Waals surface area contributed by atoms with Crippen LogP contribution in [0.15, 0.2) is 47.1 Å². The van der Waals surface area contributed by atoms with Crippen LogP contribution in [0.3, 0.4) is 0 Å². The van der Waals surface area contributed by atoms with Gasteiger partial charge < -0.3 is 20.2 Å². The maximum Gasteiger partial charge on any atom is 0.321 e. The second-order valence-electron chi connectivity index (χ2n) is 5.36. The highest BCUT2D eigenvalue weighted by Gasteiger charge is 2.21. The molecule has 2 aromatic rings. The SMILES string of the molecule is CC(=O)Nc1ccc(NC(=O)C[C@H](NCc2ccco2)C(=O)O)cc1. The van der Waals surface area contributed by atoms with Gasteiger partial charge in [0.15, 0.2) is 0 Å². The molecule has 25 heavy (non-hydrogen) atoms. The van der Waals surface area contributed by atoms with Gasteiger partial charge in [-0.1, -0.05) is 0 Å². The highest BCUT2D eigenvalue weighted by atomic mass is 16.4. The Morgan fingerprint density at radius 3 is 2.24 bits per heavy atom. The Kier molecular flexibility index (Phi) is 6.30. The molecule has 0 fully saturated rings. The largest absolute Gasteiger partial charge is 0.480 e. The van der Waals surface area contributed by atoms with Crippen molar-refractivity contribution in [1.82, 2.24) is 5.32 Å². The normalized spacial score (nSPS) is 11.6.